The molecule has 4 aromatic rings. The number of nitrogens with zero attached hydrogens (tertiary/aromatic N) is 2. The van der Waals surface area contributed by atoms with Crippen molar-refractivity contribution >= 4 is 34.6 Å². The number of aryl methyl sites for hydroxylation is 2. The first-order valence-corrected chi connectivity index (χ1v) is 12.7. The average molecular weight is 510 g/mol. The summed E-state index contributed by atoms with van der Waals surface area (Å²) in [6.07, 6.45) is 1.70. The van der Waals surface area contributed by atoms with Gasteiger partial charge in [0.15, 0.2) is 5.57 Å². The molecule has 3 aromatic carbocycles. The van der Waals surface area contributed by atoms with Crippen molar-refractivity contribution in [3.63, 3.8) is 0 Å². The maximum atomic E-state index is 13.7. The van der Waals surface area contributed by atoms with E-state index in [2.05, 4.69) is 5.32 Å². The second-order valence-corrected chi connectivity index (χ2v) is 9.94. The summed E-state index contributed by atoms with van der Waals surface area (Å²) >= 11 is 1.10. The molecule has 0 unspecified atom stereocenters. The Morgan fingerprint density at radius 3 is 2.43 bits per heavy atom. The molecule has 1 N–H and O–H groups in total. The number of carbonyl (C=O) groups is 1. The molecule has 0 aliphatic carbocycles. The second-order valence-electron chi connectivity index (χ2n) is 8.91. The van der Waals surface area contributed by atoms with Gasteiger partial charge in [-0.25, -0.2) is 0 Å². The minimum absolute atomic E-state index is 0.0403. The number of ether oxygens (including phenoxy) is 1. The van der Waals surface area contributed by atoms with Crippen LogP contribution < -0.4 is 24.8 Å². The summed E-state index contributed by atoms with van der Waals surface area (Å²) in [6, 6.07) is 24.2. The maximum absolute atomic E-state index is 13.7. The fourth-order valence-corrected chi connectivity index (χ4v) is 4.89. The van der Waals surface area contributed by atoms with Crippen molar-refractivity contribution in [2.75, 3.05) is 5.32 Å². The number of carbonyl (C=O) groups excluding carboxylic acids is 1. The average Bonchev–Trinajstić information content (AvgIpc) is 3.16. The highest BCUT2D eigenvalue weighted by molar-refractivity contribution is 7.07. The third kappa shape index (κ3) is 5.88. The van der Waals surface area contributed by atoms with Gasteiger partial charge in [-0.2, -0.15) is 5.26 Å². The van der Waals surface area contributed by atoms with Crippen molar-refractivity contribution in [2.24, 2.45) is 0 Å². The summed E-state index contributed by atoms with van der Waals surface area (Å²) in [5, 5.41) is 12.8. The molecule has 0 fully saturated rings. The van der Waals surface area contributed by atoms with Gasteiger partial charge in [0, 0.05) is 11.3 Å². The first-order chi connectivity index (χ1) is 17.8. The van der Waals surface area contributed by atoms with Crippen LogP contribution in [0.5, 0.6) is 5.75 Å². The Morgan fingerprint density at radius 1 is 1.03 bits per heavy atom. The van der Waals surface area contributed by atoms with Gasteiger partial charge in [-0.3, -0.25) is 14.2 Å². The number of para-hydroxylation sites is 1. The Balaban J connectivity index is 1.96. The lowest BCUT2D eigenvalue weighted by Crippen LogP contribution is -2.32. The molecular weight excluding hydrogens is 482 g/mol. The highest BCUT2D eigenvalue weighted by Crippen LogP contribution is 2.20. The Hall–Kier alpha value is -4.41. The molecule has 0 saturated carbocycles. The lowest BCUT2D eigenvalue weighted by Gasteiger charge is -2.11. The van der Waals surface area contributed by atoms with Gasteiger partial charge in [-0.15, -0.1) is 11.3 Å². The normalized spacial score (nSPS) is 12.3. The van der Waals surface area contributed by atoms with Crippen LogP contribution in [0.3, 0.4) is 0 Å². The van der Waals surface area contributed by atoms with E-state index in [9.17, 15) is 14.9 Å². The van der Waals surface area contributed by atoms with Crippen LogP contribution >= 0.6 is 11.3 Å². The van der Waals surface area contributed by atoms with Crippen LogP contribution in [-0.4, -0.2) is 16.6 Å². The zero-order chi connectivity index (χ0) is 26.5. The Labute approximate surface area is 219 Å². The van der Waals surface area contributed by atoms with Gasteiger partial charge in [0.1, 0.15) is 16.5 Å². The monoisotopic (exact) mass is 509 g/mol. The van der Waals surface area contributed by atoms with E-state index in [1.807, 2.05) is 88.4 Å². The van der Waals surface area contributed by atoms with Crippen molar-refractivity contribution < 1.29 is 9.53 Å². The van der Waals surface area contributed by atoms with E-state index in [-0.39, 0.29) is 21.9 Å². The molecule has 1 amide bonds. The molecule has 37 heavy (non-hydrogen) atoms. The molecule has 1 aromatic heterocycles. The SMILES string of the molecule is Cc1ccc(-n2c(=O)/c(=C\c3ccccc3OC(C)C)s/c2=C(\C#N)C(=O)Nc2cccc(C)c2)cc1. The van der Waals surface area contributed by atoms with E-state index < -0.39 is 5.91 Å². The lowest BCUT2D eigenvalue weighted by atomic mass is 10.2. The molecule has 0 aliphatic heterocycles. The van der Waals surface area contributed by atoms with Gasteiger partial charge in [0.2, 0.25) is 0 Å². The summed E-state index contributed by atoms with van der Waals surface area (Å²) in [5.41, 5.74) is 3.43. The number of amides is 1. The van der Waals surface area contributed by atoms with Crippen molar-refractivity contribution in [3.8, 4) is 17.5 Å². The number of hydrogen-bond acceptors (Lipinski definition) is 5. The van der Waals surface area contributed by atoms with E-state index in [0.29, 0.717) is 21.7 Å². The summed E-state index contributed by atoms with van der Waals surface area (Å²) in [7, 11) is 0. The minimum atomic E-state index is -0.578. The number of nitrogens with one attached hydrogen (secondary N) is 1. The van der Waals surface area contributed by atoms with E-state index in [1.165, 1.54) is 4.57 Å². The largest absolute Gasteiger partial charge is 0.490 e. The number of rotatable bonds is 6. The minimum Gasteiger partial charge on any atom is -0.490 e. The third-order valence-corrected chi connectivity index (χ3v) is 6.61. The topological polar surface area (TPSA) is 84.1 Å². The van der Waals surface area contributed by atoms with Gasteiger partial charge in [0.25, 0.3) is 11.5 Å². The summed E-state index contributed by atoms with van der Waals surface area (Å²) in [5.74, 6) is 0.0701. The quantitative estimate of drug-likeness (QED) is 0.416. The van der Waals surface area contributed by atoms with Crippen molar-refractivity contribution in [1.82, 2.24) is 4.57 Å². The van der Waals surface area contributed by atoms with Crippen molar-refractivity contribution in [3.05, 3.63) is 109 Å². The smallest absolute Gasteiger partial charge is 0.273 e. The number of aromatic nitrogens is 1. The highest BCUT2D eigenvalue weighted by atomic mass is 32.1. The molecule has 0 atom stereocenters. The Kier molecular flexibility index (Phi) is 7.71. The van der Waals surface area contributed by atoms with Gasteiger partial charge in [-0.05, 0) is 69.7 Å². The maximum Gasteiger partial charge on any atom is 0.273 e. The molecule has 1 heterocycles. The predicted octanol–water partition coefficient (Wildman–Crippen LogP) is 4.44. The van der Waals surface area contributed by atoms with Gasteiger partial charge in [0.05, 0.1) is 16.3 Å². The summed E-state index contributed by atoms with van der Waals surface area (Å²) in [6.45, 7) is 7.74. The zero-order valence-corrected chi connectivity index (χ0v) is 21.9. The molecule has 0 spiro atoms. The van der Waals surface area contributed by atoms with Crippen molar-refractivity contribution in [2.45, 2.75) is 33.8 Å². The fraction of sp³-hybridized carbons (Fsp3) is 0.167. The third-order valence-electron chi connectivity index (χ3n) is 5.51. The van der Waals surface area contributed by atoms with E-state index in [1.54, 1.807) is 24.3 Å². The number of benzene rings is 3. The molecule has 0 radical (unpaired) electrons. The molecular formula is C30H27N3O3S. The summed E-state index contributed by atoms with van der Waals surface area (Å²) < 4.78 is 7.99. The molecule has 7 heteroatoms. The first kappa shape index (κ1) is 25.7. The molecule has 4 rings (SSSR count). The van der Waals surface area contributed by atoms with E-state index in [4.69, 9.17) is 4.74 Å². The predicted molar refractivity (Wildman–Crippen MR) is 149 cm³/mol. The van der Waals surface area contributed by atoms with Crippen LogP contribution in [0.25, 0.3) is 17.3 Å². The first-order valence-electron chi connectivity index (χ1n) is 11.9. The van der Waals surface area contributed by atoms with Crippen LogP contribution in [0, 0.1) is 25.2 Å². The Morgan fingerprint density at radius 2 is 1.76 bits per heavy atom. The van der Waals surface area contributed by atoms with Crippen LogP contribution in [0.2, 0.25) is 0 Å². The molecule has 186 valence electrons. The number of nitriles is 1. The van der Waals surface area contributed by atoms with Crippen LogP contribution in [0.1, 0.15) is 30.5 Å². The molecule has 0 bridgehead atoms. The van der Waals surface area contributed by atoms with E-state index in [0.717, 1.165) is 28.0 Å². The second kappa shape index (κ2) is 11.1. The fourth-order valence-electron chi connectivity index (χ4n) is 3.79. The number of hydrogen-bond donors (Lipinski definition) is 1. The molecule has 0 aliphatic rings. The number of anilines is 1. The van der Waals surface area contributed by atoms with Crippen LogP contribution in [-0.2, 0) is 4.79 Å². The Bertz CT molecular complexity index is 1670. The van der Waals surface area contributed by atoms with Crippen molar-refractivity contribution in [1.29, 1.82) is 5.26 Å². The van der Waals surface area contributed by atoms with Gasteiger partial charge in [-0.1, -0.05) is 48.0 Å². The lowest BCUT2D eigenvalue weighted by molar-refractivity contribution is -0.111. The molecule has 6 nitrogen and oxygen atoms in total. The molecule has 0 saturated heterocycles. The van der Waals surface area contributed by atoms with E-state index >= 15 is 0 Å². The van der Waals surface area contributed by atoms with Gasteiger partial charge >= 0.3 is 0 Å². The highest BCUT2D eigenvalue weighted by Gasteiger charge is 2.18. The number of thiazole rings is 1. The summed E-state index contributed by atoms with van der Waals surface area (Å²) in [4.78, 5) is 26.9. The van der Waals surface area contributed by atoms with Crippen LogP contribution in [0.4, 0.5) is 5.69 Å². The van der Waals surface area contributed by atoms with Crippen LogP contribution in [0.15, 0.2) is 77.6 Å². The van der Waals surface area contributed by atoms with Gasteiger partial charge < -0.3 is 10.1 Å². The zero-order valence-electron chi connectivity index (χ0n) is 21.1. The standard InChI is InChI=1S/C30H27N3O3S/c1-19(2)36-26-11-6-5-9-22(26)17-27-29(35)33(24-14-12-20(3)13-15-24)30(37-27)25(18-31)28(34)32-23-10-7-8-21(4)16-23/h5-17,19H,1-4H3,(H,32,34)/b27-17+,30-25+.